The molecule has 1 N–H and O–H groups in total. The van der Waals surface area contributed by atoms with Gasteiger partial charge in [-0.2, -0.15) is 0 Å². The molecular weight excluding hydrogens is 737 g/mol. The summed E-state index contributed by atoms with van der Waals surface area (Å²) in [6.45, 7) is 3.59. The van der Waals surface area contributed by atoms with Gasteiger partial charge in [-0.25, -0.2) is 0 Å². The van der Waals surface area contributed by atoms with E-state index >= 15 is 0 Å². The van der Waals surface area contributed by atoms with Crippen molar-refractivity contribution >= 4 is 0 Å². The van der Waals surface area contributed by atoms with Crippen LogP contribution in [0.25, 0.3) is 0 Å². The molecule has 0 bridgehead atoms. The third-order valence-electron chi connectivity index (χ3n) is 10.4. The maximum absolute atomic E-state index is 12.1. The van der Waals surface area contributed by atoms with Crippen molar-refractivity contribution in [3.63, 3.8) is 0 Å². The first-order valence-corrected chi connectivity index (χ1v) is 20.0. The van der Waals surface area contributed by atoms with Gasteiger partial charge in [0, 0.05) is 7.11 Å². The monoisotopic (exact) mass is 790 g/mol. The second kappa shape index (κ2) is 21.6. The zero-order chi connectivity index (χ0) is 39.9. The highest BCUT2D eigenvalue weighted by Crippen LogP contribution is 2.35. The van der Waals surface area contributed by atoms with Crippen LogP contribution in [0.2, 0.25) is 0 Å². The zero-order valence-electron chi connectivity index (χ0n) is 33.1. The van der Waals surface area contributed by atoms with Gasteiger partial charge in [0.1, 0.15) is 42.7 Å². The predicted octanol–water partition coefficient (Wildman–Crippen LogP) is 7.41. The maximum Gasteiger partial charge on any atom is 0.187 e. The number of aliphatic hydroxyl groups excluding tert-OH is 1. The van der Waals surface area contributed by atoms with Crippen molar-refractivity contribution in [2.75, 3.05) is 13.7 Å². The van der Waals surface area contributed by atoms with Gasteiger partial charge in [0.05, 0.1) is 45.7 Å². The largest absolute Gasteiger partial charge is 0.385 e. The van der Waals surface area contributed by atoms with Crippen molar-refractivity contribution in [1.82, 2.24) is 0 Å². The number of aliphatic hydroxyl groups is 1. The molecule has 0 saturated carbocycles. The van der Waals surface area contributed by atoms with Gasteiger partial charge in [-0.05, 0) is 34.7 Å². The molecule has 0 aliphatic carbocycles. The number of ether oxygens (including phenoxy) is 9. The van der Waals surface area contributed by atoms with Crippen LogP contribution in [-0.2, 0) is 75.7 Å². The molecule has 0 radical (unpaired) electrons. The second-order valence-electron chi connectivity index (χ2n) is 14.6. The van der Waals surface area contributed by atoms with E-state index in [4.69, 9.17) is 42.6 Å². The summed E-state index contributed by atoms with van der Waals surface area (Å²) in [5.41, 5.74) is 4.94. The minimum Gasteiger partial charge on any atom is -0.385 e. The predicted molar refractivity (Wildman–Crippen MR) is 217 cm³/mol. The first kappa shape index (κ1) is 41.8. The minimum absolute atomic E-state index is 0.196. The first-order chi connectivity index (χ1) is 28.6. The minimum atomic E-state index is -1.26. The highest BCUT2D eigenvalue weighted by molar-refractivity contribution is 5.17. The molecule has 5 aromatic rings. The molecule has 0 amide bonds. The zero-order valence-corrected chi connectivity index (χ0v) is 33.1. The number of hydrogen-bond donors (Lipinski definition) is 1. The van der Waals surface area contributed by atoms with E-state index < -0.39 is 61.4 Å². The van der Waals surface area contributed by atoms with Crippen LogP contribution in [0.5, 0.6) is 0 Å². The molecule has 58 heavy (non-hydrogen) atoms. The normalized spacial score (nSPS) is 27.3. The fourth-order valence-corrected chi connectivity index (χ4v) is 7.35. The van der Waals surface area contributed by atoms with Crippen molar-refractivity contribution < 1.29 is 47.7 Å². The van der Waals surface area contributed by atoms with Crippen LogP contribution in [0, 0.1) is 0 Å². The lowest BCUT2D eigenvalue weighted by atomic mass is 9.96. The Hall–Kier alpha value is -4.30. The molecule has 306 valence electrons. The van der Waals surface area contributed by atoms with Crippen LogP contribution in [0.4, 0.5) is 0 Å². The van der Waals surface area contributed by atoms with Crippen molar-refractivity contribution in [3.8, 4) is 0 Å². The quantitative estimate of drug-likeness (QED) is 0.0911. The topological polar surface area (TPSA) is 103 Å². The van der Waals surface area contributed by atoms with Gasteiger partial charge in [-0.1, -0.05) is 152 Å². The molecule has 2 heterocycles. The fraction of sp³-hybridized carbons (Fsp3) is 0.375. The molecule has 10 nitrogen and oxygen atoms in total. The highest BCUT2D eigenvalue weighted by Gasteiger charge is 2.53. The lowest BCUT2D eigenvalue weighted by Gasteiger charge is -2.49. The molecule has 7 rings (SSSR count). The fourth-order valence-electron chi connectivity index (χ4n) is 7.35. The average molecular weight is 791 g/mol. The summed E-state index contributed by atoms with van der Waals surface area (Å²) in [7, 11) is 1.56. The van der Waals surface area contributed by atoms with E-state index in [1.807, 2.05) is 159 Å². The Morgan fingerprint density at radius 2 is 0.845 bits per heavy atom. The smallest absolute Gasteiger partial charge is 0.187 e. The molecule has 2 aliphatic rings. The van der Waals surface area contributed by atoms with Gasteiger partial charge in [-0.15, -0.1) is 0 Å². The summed E-state index contributed by atoms with van der Waals surface area (Å²) < 4.78 is 58.7. The van der Waals surface area contributed by atoms with Crippen molar-refractivity contribution in [2.24, 2.45) is 0 Å². The van der Waals surface area contributed by atoms with E-state index in [2.05, 4.69) is 0 Å². The Morgan fingerprint density at radius 3 is 1.29 bits per heavy atom. The van der Waals surface area contributed by atoms with E-state index in [9.17, 15) is 5.11 Å². The molecule has 0 aromatic heterocycles. The van der Waals surface area contributed by atoms with Gasteiger partial charge in [-0.3, -0.25) is 0 Å². The van der Waals surface area contributed by atoms with Gasteiger partial charge >= 0.3 is 0 Å². The molecule has 5 aromatic carbocycles. The summed E-state index contributed by atoms with van der Waals surface area (Å²) in [6, 6.07) is 49.5. The lowest BCUT2D eigenvalue weighted by molar-refractivity contribution is -0.374. The van der Waals surface area contributed by atoms with E-state index in [1.54, 1.807) is 7.11 Å². The van der Waals surface area contributed by atoms with Crippen LogP contribution < -0.4 is 0 Å². The molecule has 0 unspecified atom stereocenters. The highest BCUT2D eigenvalue weighted by atomic mass is 16.8. The van der Waals surface area contributed by atoms with Crippen LogP contribution >= 0.6 is 0 Å². The molecule has 10 heteroatoms. The van der Waals surface area contributed by atoms with Crippen molar-refractivity contribution in [2.45, 2.75) is 101 Å². The Bertz CT molecular complexity index is 1870. The second-order valence-corrected chi connectivity index (χ2v) is 14.6. The molecule has 2 fully saturated rings. The Balaban J connectivity index is 1.15. The van der Waals surface area contributed by atoms with Gasteiger partial charge in [0.15, 0.2) is 12.6 Å². The summed E-state index contributed by atoms with van der Waals surface area (Å²) in [5.74, 6) is 0. The third-order valence-corrected chi connectivity index (χ3v) is 10.4. The van der Waals surface area contributed by atoms with Gasteiger partial charge in [0.2, 0.25) is 0 Å². The van der Waals surface area contributed by atoms with Crippen LogP contribution in [-0.4, -0.2) is 80.2 Å². The molecular formula is C48H54O10. The van der Waals surface area contributed by atoms with E-state index in [0.29, 0.717) is 13.2 Å². The molecule has 2 saturated heterocycles. The number of benzene rings is 5. The summed E-state index contributed by atoms with van der Waals surface area (Å²) >= 11 is 0. The Morgan fingerprint density at radius 1 is 0.448 bits per heavy atom. The van der Waals surface area contributed by atoms with Crippen LogP contribution in [0.1, 0.15) is 34.7 Å². The molecule has 10 atom stereocenters. The third kappa shape index (κ3) is 11.5. The Kier molecular flexibility index (Phi) is 15.6. The summed E-state index contributed by atoms with van der Waals surface area (Å²) in [6.07, 6.45) is -8.27. The Labute approximate surface area is 341 Å². The lowest BCUT2D eigenvalue weighted by Crippen LogP contribution is -2.65. The molecule has 0 spiro atoms. The van der Waals surface area contributed by atoms with Gasteiger partial charge < -0.3 is 47.7 Å². The van der Waals surface area contributed by atoms with E-state index in [0.717, 1.165) is 27.8 Å². The van der Waals surface area contributed by atoms with Gasteiger partial charge in [0.25, 0.3) is 0 Å². The summed E-state index contributed by atoms with van der Waals surface area (Å²) in [4.78, 5) is 0. The van der Waals surface area contributed by atoms with Crippen LogP contribution in [0.3, 0.4) is 0 Å². The number of hydrogen-bond acceptors (Lipinski definition) is 10. The molecule has 2 aliphatic heterocycles. The van der Waals surface area contributed by atoms with Crippen molar-refractivity contribution in [3.05, 3.63) is 179 Å². The van der Waals surface area contributed by atoms with E-state index in [1.165, 1.54) is 0 Å². The number of rotatable bonds is 19. The van der Waals surface area contributed by atoms with Crippen molar-refractivity contribution in [1.29, 1.82) is 0 Å². The van der Waals surface area contributed by atoms with E-state index in [-0.39, 0.29) is 26.4 Å². The SMILES string of the molecule is CO[C@@H]1O[C@H](COCc2ccccc2)[C@H](OCc2ccccc2)[C@H](OCc2ccccc2)[C@H]1O[C@@H]1O[C@@H](C)[C@@H](OCc2ccccc2)[C@@H](OCc2ccccc2)[C@@H]1O. The average Bonchev–Trinajstić information content (AvgIpc) is 3.27. The first-order valence-electron chi connectivity index (χ1n) is 20.0. The number of methoxy groups -OCH3 is 1. The standard InChI is InChI=1S/C48H54O10/c1-34-42(52-29-36-20-10-4-11-21-36)44(54-31-38-24-14-6-15-25-38)41(49)47(56-34)58-46-45(55-32-39-26-16-7-17-27-39)43(53-30-37-22-12-5-13-23-37)40(57-48(46)50-2)33-51-28-35-18-8-3-9-19-35/h3-27,34,40-49H,28-33H2,1-2H3/t34-,40+,41-,42+,43-,44-,45-,46+,47-,48+/m0/s1. The van der Waals surface area contributed by atoms with Crippen LogP contribution in [0.15, 0.2) is 152 Å². The summed E-state index contributed by atoms with van der Waals surface area (Å²) in [5, 5.41) is 12.1. The maximum atomic E-state index is 12.1.